The second-order valence-electron chi connectivity index (χ2n) is 11.3. The van der Waals surface area contributed by atoms with Crippen LogP contribution in [0.5, 0.6) is 0 Å². The van der Waals surface area contributed by atoms with E-state index in [1.165, 1.54) is 28.7 Å². The van der Waals surface area contributed by atoms with Gasteiger partial charge in [0, 0.05) is 0 Å². The summed E-state index contributed by atoms with van der Waals surface area (Å²) in [5.41, 5.74) is 9.40. The summed E-state index contributed by atoms with van der Waals surface area (Å²) in [7, 11) is 0. The molecule has 0 unspecified atom stereocenters. The minimum Gasteiger partial charge on any atom is -1.00 e. The Morgan fingerprint density at radius 2 is 1.25 bits per heavy atom. The standard InChI is InChI=1S/C21H25.C5H5.C3H6.2ClH.Zr/c1-20(2,3)16-9-7-14-11-15-8-10-17(21(4,5)6)13-19(15)18(14)12-16;1-2-4-5-3-1;1-3-2;;;/h7-13H,1-6H3;1-3H,4H2;1-2H3;2*1H;/q;;;;;+2/p-2. The van der Waals surface area contributed by atoms with Crippen LogP contribution in [0, 0.1) is 0 Å². The second kappa shape index (κ2) is 9.86. The van der Waals surface area contributed by atoms with Crippen LogP contribution in [0.15, 0.2) is 57.9 Å². The van der Waals surface area contributed by atoms with Crippen LogP contribution in [0.1, 0.15) is 87.7 Å². The van der Waals surface area contributed by atoms with Crippen LogP contribution >= 0.6 is 0 Å². The van der Waals surface area contributed by atoms with Crippen LogP contribution in [0.4, 0.5) is 0 Å². The van der Waals surface area contributed by atoms with Crippen LogP contribution in [0.2, 0.25) is 0 Å². The van der Waals surface area contributed by atoms with Crippen molar-refractivity contribution in [1.29, 1.82) is 0 Å². The van der Waals surface area contributed by atoms with E-state index in [-0.39, 0.29) is 35.6 Å². The smallest absolute Gasteiger partial charge is 1.00 e. The van der Waals surface area contributed by atoms with Gasteiger partial charge in [0.1, 0.15) is 0 Å². The molecule has 0 aromatic heterocycles. The molecule has 32 heavy (non-hydrogen) atoms. The van der Waals surface area contributed by atoms with Crippen molar-refractivity contribution in [3.63, 3.8) is 0 Å². The SMILES string of the molecule is C[C](C)=[Zr+2]([C]1=CC=CC1)[CH]1c2ccc(C(C)(C)C)cc2-c2cc(C(C)(C)C)ccc21.[Cl-].[Cl-]. The number of halogens is 2. The third-order valence-corrected chi connectivity index (χ3v) is 14.9. The van der Waals surface area contributed by atoms with Gasteiger partial charge in [0.2, 0.25) is 0 Å². The molecule has 0 saturated heterocycles. The Labute approximate surface area is 215 Å². The summed E-state index contributed by atoms with van der Waals surface area (Å²) in [4.78, 5) is 0. The van der Waals surface area contributed by atoms with Gasteiger partial charge < -0.3 is 24.8 Å². The van der Waals surface area contributed by atoms with E-state index in [2.05, 4.69) is 110 Å². The molecule has 0 atom stereocenters. The summed E-state index contributed by atoms with van der Waals surface area (Å²) in [5, 5.41) is 0. The molecule has 0 spiro atoms. The van der Waals surface area contributed by atoms with Crippen LogP contribution in [0.25, 0.3) is 11.1 Å². The molecule has 2 aromatic carbocycles. The van der Waals surface area contributed by atoms with Crippen molar-refractivity contribution < 1.29 is 46.1 Å². The zero-order chi connectivity index (χ0) is 21.8. The molecule has 170 valence electrons. The van der Waals surface area contributed by atoms with E-state index in [9.17, 15) is 0 Å². The fraction of sp³-hybridized carbons (Fsp3) is 0.414. The van der Waals surface area contributed by atoms with Gasteiger partial charge in [0.25, 0.3) is 0 Å². The average molecular weight is 547 g/mol. The summed E-state index contributed by atoms with van der Waals surface area (Å²) >= 11 is -2.01. The van der Waals surface area contributed by atoms with E-state index >= 15 is 0 Å². The summed E-state index contributed by atoms with van der Waals surface area (Å²) in [6.07, 6.45) is 8.23. The van der Waals surface area contributed by atoms with Gasteiger partial charge in [-0.15, -0.1) is 0 Å². The molecule has 0 fully saturated rings. The average Bonchev–Trinajstić information content (AvgIpc) is 3.27. The summed E-state index contributed by atoms with van der Waals surface area (Å²) in [6.45, 7) is 18.8. The Morgan fingerprint density at radius 1 is 0.781 bits per heavy atom. The predicted molar refractivity (Wildman–Crippen MR) is 129 cm³/mol. The molecule has 0 heterocycles. The Balaban J connectivity index is 0.00000181. The van der Waals surface area contributed by atoms with Crippen molar-refractivity contribution in [1.82, 2.24) is 0 Å². The Hall–Kier alpha value is -0.747. The van der Waals surface area contributed by atoms with Crippen molar-refractivity contribution in [3.8, 4) is 11.1 Å². The molecule has 0 saturated carbocycles. The third kappa shape index (κ3) is 5.01. The van der Waals surface area contributed by atoms with Gasteiger partial charge in [0.05, 0.1) is 0 Å². The molecule has 2 aromatic rings. The van der Waals surface area contributed by atoms with Crippen molar-refractivity contribution in [2.45, 2.75) is 76.3 Å². The summed E-state index contributed by atoms with van der Waals surface area (Å²) < 4.78 is 4.06. The van der Waals surface area contributed by atoms with Gasteiger partial charge in [-0.2, -0.15) is 0 Å². The van der Waals surface area contributed by atoms with Crippen molar-refractivity contribution >= 4 is 3.21 Å². The molecule has 0 amide bonds. The normalized spacial score (nSPS) is 14.5. The van der Waals surface area contributed by atoms with Gasteiger partial charge in [-0.25, -0.2) is 0 Å². The number of hydrogen-bond donors (Lipinski definition) is 0. The van der Waals surface area contributed by atoms with Gasteiger partial charge in [0.15, 0.2) is 0 Å². The van der Waals surface area contributed by atoms with Crippen LogP contribution in [-0.4, -0.2) is 3.21 Å². The van der Waals surface area contributed by atoms with Crippen LogP contribution < -0.4 is 24.8 Å². The van der Waals surface area contributed by atoms with Gasteiger partial charge >= 0.3 is 192 Å². The summed E-state index contributed by atoms with van der Waals surface area (Å²) in [5.74, 6) is 0. The molecular weight excluding hydrogens is 510 g/mol. The first-order chi connectivity index (χ1) is 14.0. The zero-order valence-corrected chi connectivity index (χ0v) is 24.7. The van der Waals surface area contributed by atoms with E-state index in [1.807, 2.05) is 0 Å². The monoisotopic (exact) mass is 544 g/mol. The molecule has 2 aliphatic rings. The van der Waals surface area contributed by atoms with E-state index in [0.29, 0.717) is 3.63 Å². The van der Waals surface area contributed by atoms with E-state index in [4.69, 9.17) is 0 Å². The van der Waals surface area contributed by atoms with E-state index < -0.39 is 21.3 Å². The van der Waals surface area contributed by atoms with E-state index in [1.54, 1.807) is 17.6 Å². The quantitative estimate of drug-likeness (QED) is 0.541. The van der Waals surface area contributed by atoms with Crippen molar-refractivity contribution in [2.24, 2.45) is 0 Å². The molecule has 0 N–H and O–H groups in total. The molecule has 0 radical (unpaired) electrons. The predicted octanol–water partition coefficient (Wildman–Crippen LogP) is 2.03. The number of benzene rings is 2. The number of rotatable bonds is 2. The molecule has 0 bridgehead atoms. The maximum atomic E-state index is 2.51. The Kier molecular flexibility index (Phi) is 8.47. The van der Waals surface area contributed by atoms with Gasteiger partial charge in [-0.1, -0.05) is 0 Å². The number of hydrogen-bond acceptors (Lipinski definition) is 0. The van der Waals surface area contributed by atoms with E-state index in [0.717, 1.165) is 0 Å². The maximum Gasteiger partial charge on any atom is -1.00 e. The summed E-state index contributed by atoms with van der Waals surface area (Å²) in [6, 6.07) is 14.8. The second-order valence-corrected chi connectivity index (χ2v) is 18.8. The first-order valence-corrected chi connectivity index (χ1v) is 15.2. The fourth-order valence-corrected chi connectivity index (χ4v) is 13.1. The first kappa shape index (κ1) is 27.5. The van der Waals surface area contributed by atoms with Gasteiger partial charge in [-0.05, 0) is 0 Å². The minimum atomic E-state index is -2.01. The first-order valence-electron chi connectivity index (χ1n) is 11.3. The largest absolute Gasteiger partial charge is 1.00 e. The molecule has 0 nitrogen and oxygen atoms in total. The molecular formula is C29H36Cl2Zr. The molecule has 3 heteroatoms. The number of fused-ring (bicyclic) bond motifs is 3. The third-order valence-electron chi connectivity index (χ3n) is 6.70. The van der Waals surface area contributed by atoms with Gasteiger partial charge in [-0.3, -0.25) is 0 Å². The topological polar surface area (TPSA) is 0 Å². The maximum absolute atomic E-state index is 2.51. The van der Waals surface area contributed by atoms with Crippen LogP contribution in [-0.2, 0) is 32.1 Å². The van der Waals surface area contributed by atoms with Crippen molar-refractivity contribution in [3.05, 3.63) is 80.2 Å². The Morgan fingerprint density at radius 3 is 1.59 bits per heavy atom. The van der Waals surface area contributed by atoms with Crippen molar-refractivity contribution in [2.75, 3.05) is 0 Å². The zero-order valence-electron chi connectivity index (χ0n) is 20.7. The number of allylic oxidation sites excluding steroid dienone is 4. The Bertz CT molecular complexity index is 1040. The minimum absolute atomic E-state index is 0. The fourth-order valence-electron chi connectivity index (χ4n) is 4.94. The molecule has 2 aliphatic carbocycles. The molecule has 0 aliphatic heterocycles. The van der Waals surface area contributed by atoms with Crippen LogP contribution in [0.3, 0.4) is 0 Å². The molecule has 4 rings (SSSR count).